The van der Waals surface area contributed by atoms with Crippen LogP contribution >= 0.6 is 0 Å². The van der Waals surface area contributed by atoms with Crippen LogP contribution in [0.2, 0.25) is 0 Å². The van der Waals surface area contributed by atoms with Crippen molar-refractivity contribution in [3.05, 3.63) is 58.9 Å². The molecule has 0 spiro atoms. The predicted octanol–water partition coefficient (Wildman–Crippen LogP) is 3.26. The SMILES string of the molecule is Cc1cc(C)c(NC(=O)CN(C)CC(=O)Nc2cccc(F)c2)c(C)c1. The van der Waals surface area contributed by atoms with Gasteiger partial charge in [-0.2, -0.15) is 0 Å². The Balaban J connectivity index is 1.88. The van der Waals surface area contributed by atoms with Crippen molar-refractivity contribution in [2.45, 2.75) is 20.8 Å². The van der Waals surface area contributed by atoms with Gasteiger partial charge in [-0.1, -0.05) is 23.8 Å². The highest BCUT2D eigenvalue weighted by Gasteiger charge is 2.13. The van der Waals surface area contributed by atoms with Gasteiger partial charge < -0.3 is 10.6 Å². The smallest absolute Gasteiger partial charge is 0.238 e. The fourth-order valence-corrected chi connectivity index (χ4v) is 2.87. The van der Waals surface area contributed by atoms with Crippen molar-refractivity contribution in [2.75, 3.05) is 30.8 Å². The quantitative estimate of drug-likeness (QED) is 0.834. The Morgan fingerprint density at radius 2 is 1.54 bits per heavy atom. The molecule has 5 nitrogen and oxygen atoms in total. The van der Waals surface area contributed by atoms with Crippen molar-refractivity contribution in [3.8, 4) is 0 Å². The minimum Gasteiger partial charge on any atom is -0.325 e. The molecule has 2 aromatic carbocycles. The molecule has 2 amide bonds. The van der Waals surface area contributed by atoms with Crippen LogP contribution in [0.3, 0.4) is 0 Å². The summed E-state index contributed by atoms with van der Waals surface area (Å²) in [6, 6.07) is 9.71. The van der Waals surface area contributed by atoms with Crippen LogP contribution in [0.5, 0.6) is 0 Å². The maximum atomic E-state index is 13.1. The zero-order valence-corrected chi connectivity index (χ0v) is 15.5. The van der Waals surface area contributed by atoms with Gasteiger partial charge in [0.1, 0.15) is 5.82 Å². The molecule has 0 bridgehead atoms. The fraction of sp³-hybridized carbons (Fsp3) is 0.300. The minimum absolute atomic E-state index is 0.0236. The molecule has 0 saturated carbocycles. The number of carbonyl (C=O) groups is 2. The van der Waals surface area contributed by atoms with E-state index in [0.717, 1.165) is 22.4 Å². The largest absolute Gasteiger partial charge is 0.325 e. The molecule has 0 unspecified atom stereocenters. The number of anilines is 2. The number of nitrogens with one attached hydrogen (secondary N) is 2. The van der Waals surface area contributed by atoms with Crippen LogP contribution in [0.4, 0.5) is 15.8 Å². The average molecular weight is 357 g/mol. The third-order valence-electron chi connectivity index (χ3n) is 3.88. The van der Waals surface area contributed by atoms with Gasteiger partial charge in [-0.05, 0) is 57.1 Å². The Kier molecular flexibility index (Phi) is 6.46. The highest BCUT2D eigenvalue weighted by atomic mass is 19.1. The third-order valence-corrected chi connectivity index (χ3v) is 3.88. The maximum absolute atomic E-state index is 13.1. The number of benzene rings is 2. The van der Waals surface area contributed by atoms with E-state index in [2.05, 4.69) is 10.6 Å². The number of aryl methyl sites for hydroxylation is 3. The maximum Gasteiger partial charge on any atom is 0.238 e. The second-order valence-electron chi connectivity index (χ2n) is 6.55. The Morgan fingerprint density at radius 1 is 0.962 bits per heavy atom. The number of hydrogen-bond donors (Lipinski definition) is 2. The molecule has 6 heteroatoms. The van der Waals surface area contributed by atoms with Crippen molar-refractivity contribution >= 4 is 23.2 Å². The van der Waals surface area contributed by atoms with Crippen molar-refractivity contribution in [3.63, 3.8) is 0 Å². The van der Waals surface area contributed by atoms with Gasteiger partial charge in [-0.3, -0.25) is 14.5 Å². The second-order valence-corrected chi connectivity index (χ2v) is 6.55. The van der Waals surface area contributed by atoms with Crippen molar-refractivity contribution in [2.24, 2.45) is 0 Å². The summed E-state index contributed by atoms with van der Waals surface area (Å²) >= 11 is 0. The van der Waals surface area contributed by atoms with Crippen LogP contribution in [-0.2, 0) is 9.59 Å². The van der Waals surface area contributed by atoms with E-state index >= 15 is 0 Å². The molecular formula is C20H24FN3O2. The van der Waals surface area contributed by atoms with E-state index in [1.165, 1.54) is 18.2 Å². The van der Waals surface area contributed by atoms with E-state index in [1.54, 1.807) is 18.0 Å². The molecule has 2 aromatic rings. The molecule has 0 aliphatic heterocycles. The van der Waals surface area contributed by atoms with E-state index in [-0.39, 0.29) is 24.9 Å². The van der Waals surface area contributed by atoms with Crippen LogP contribution in [0.1, 0.15) is 16.7 Å². The number of rotatable bonds is 6. The summed E-state index contributed by atoms with van der Waals surface area (Å²) in [7, 11) is 1.68. The molecule has 2 rings (SSSR count). The first kappa shape index (κ1) is 19.6. The highest BCUT2D eigenvalue weighted by Crippen LogP contribution is 2.21. The molecule has 0 aliphatic carbocycles. The lowest BCUT2D eigenvalue weighted by atomic mass is 10.1. The monoisotopic (exact) mass is 357 g/mol. The first-order chi connectivity index (χ1) is 12.2. The Hall–Kier alpha value is -2.73. The zero-order chi connectivity index (χ0) is 19.3. The Bertz CT molecular complexity index is 797. The normalized spacial score (nSPS) is 10.7. The molecule has 138 valence electrons. The Labute approximate surface area is 153 Å². The van der Waals surface area contributed by atoms with Crippen molar-refractivity contribution < 1.29 is 14.0 Å². The summed E-state index contributed by atoms with van der Waals surface area (Å²) in [6.45, 7) is 6.01. The molecule has 0 aliphatic rings. The predicted molar refractivity (Wildman–Crippen MR) is 102 cm³/mol. The van der Waals surface area contributed by atoms with Crippen LogP contribution in [0.15, 0.2) is 36.4 Å². The molecule has 0 atom stereocenters. The number of amides is 2. The molecule has 0 fully saturated rings. The minimum atomic E-state index is -0.417. The first-order valence-corrected chi connectivity index (χ1v) is 8.36. The van der Waals surface area contributed by atoms with Crippen molar-refractivity contribution in [1.29, 1.82) is 0 Å². The summed E-state index contributed by atoms with van der Waals surface area (Å²) in [5, 5.41) is 5.51. The summed E-state index contributed by atoms with van der Waals surface area (Å²) < 4.78 is 13.1. The molecule has 2 N–H and O–H groups in total. The molecular weight excluding hydrogens is 333 g/mol. The number of hydrogen-bond acceptors (Lipinski definition) is 3. The van der Waals surface area contributed by atoms with E-state index in [4.69, 9.17) is 0 Å². The number of halogens is 1. The summed E-state index contributed by atoms with van der Waals surface area (Å²) in [4.78, 5) is 25.9. The topological polar surface area (TPSA) is 61.4 Å². The molecule has 0 radical (unpaired) electrons. The summed E-state index contributed by atoms with van der Waals surface area (Å²) in [5.74, 6) is -0.922. The van der Waals surface area contributed by atoms with Gasteiger partial charge in [-0.15, -0.1) is 0 Å². The number of likely N-dealkylation sites (N-methyl/N-ethyl adjacent to an activating group) is 1. The van der Waals surface area contributed by atoms with Crippen LogP contribution in [-0.4, -0.2) is 36.9 Å². The van der Waals surface area contributed by atoms with E-state index in [9.17, 15) is 14.0 Å². The lowest BCUT2D eigenvalue weighted by Gasteiger charge is -2.18. The van der Waals surface area contributed by atoms with E-state index in [0.29, 0.717) is 5.69 Å². The average Bonchev–Trinajstić information content (AvgIpc) is 2.50. The van der Waals surface area contributed by atoms with Crippen LogP contribution < -0.4 is 10.6 Å². The molecule has 0 saturated heterocycles. The van der Waals surface area contributed by atoms with Gasteiger partial charge in [0, 0.05) is 11.4 Å². The molecule has 26 heavy (non-hydrogen) atoms. The number of carbonyl (C=O) groups excluding carboxylic acids is 2. The lowest BCUT2D eigenvalue weighted by molar-refractivity contribution is -0.119. The lowest BCUT2D eigenvalue weighted by Crippen LogP contribution is -2.36. The van der Waals surface area contributed by atoms with Crippen molar-refractivity contribution in [1.82, 2.24) is 4.90 Å². The zero-order valence-electron chi connectivity index (χ0n) is 15.5. The molecule has 0 heterocycles. The Morgan fingerprint density at radius 3 is 2.12 bits per heavy atom. The van der Waals surface area contributed by atoms with Crippen LogP contribution in [0, 0.1) is 26.6 Å². The summed E-state index contributed by atoms with van der Waals surface area (Å²) in [6.07, 6.45) is 0. The second kappa shape index (κ2) is 8.58. The first-order valence-electron chi connectivity index (χ1n) is 8.36. The van der Waals surface area contributed by atoms with Gasteiger partial charge in [0.2, 0.25) is 11.8 Å². The van der Waals surface area contributed by atoms with Gasteiger partial charge in [0.15, 0.2) is 0 Å². The third kappa shape index (κ3) is 5.67. The summed E-state index contributed by atoms with van der Waals surface area (Å²) in [5.41, 5.74) is 4.34. The number of nitrogens with zero attached hydrogens (tertiary/aromatic N) is 1. The fourth-order valence-electron chi connectivity index (χ4n) is 2.87. The van der Waals surface area contributed by atoms with Crippen LogP contribution in [0.25, 0.3) is 0 Å². The van der Waals surface area contributed by atoms with Gasteiger partial charge in [-0.25, -0.2) is 4.39 Å². The standard InChI is InChI=1S/C20H24FN3O2/c1-13-8-14(2)20(15(3)9-13)23-19(26)12-24(4)11-18(25)22-17-7-5-6-16(21)10-17/h5-10H,11-12H2,1-4H3,(H,22,25)(H,23,26). The highest BCUT2D eigenvalue weighted by molar-refractivity contribution is 5.95. The van der Waals surface area contributed by atoms with E-state index < -0.39 is 5.82 Å². The van der Waals surface area contributed by atoms with Gasteiger partial charge in [0.05, 0.1) is 13.1 Å². The van der Waals surface area contributed by atoms with Gasteiger partial charge in [0.25, 0.3) is 0 Å². The van der Waals surface area contributed by atoms with E-state index in [1.807, 2.05) is 32.9 Å². The molecule has 0 aromatic heterocycles. The van der Waals surface area contributed by atoms with Gasteiger partial charge >= 0.3 is 0 Å².